The van der Waals surface area contributed by atoms with Crippen molar-refractivity contribution < 1.29 is 9.47 Å². The van der Waals surface area contributed by atoms with Crippen LogP contribution in [-0.2, 0) is 9.47 Å². The van der Waals surface area contributed by atoms with Crippen LogP contribution in [0.25, 0.3) is 0 Å². The molecule has 26 heavy (non-hydrogen) atoms. The van der Waals surface area contributed by atoms with Gasteiger partial charge in [0.1, 0.15) is 0 Å². The topological polar surface area (TPSA) is 58.1 Å². The van der Waals surface area contributed by atoms with Crippen molar-refractivity contribution in [2.45, 2.75) is 37.8 Å². The molecule has 6 heteroatoms. The van der Waals surface area contributed by atoms with Gasteiger partial charge in [-0.1, -0.05) is 18.2 Å². The molecular weight excluding hydrogens is 328 g/mol. The molecule has 2 aliphatic heterocycles. The SMILES string of the molecule is CN=C(NCCCOC1CCOCC1)NC1CCN(c2ccccc2)C1. The molecule has 0 saturated carbocycles. The summed E-state index contributed by atoms with van der Waals surface area (Å²) >= 11 is 0. The third kappa shape index (κ3) is 5.88. The first kappa shape index (κ1) is 19.0. The summed E-state index contributed by atoms with van der Waals surface area (Å²) in [6, 6.07) is 11.0. The molecule has 2 N–H and O–H groups in total. The lowest BCUT2D eigenvalue weighted by Crippen LogP contribution is -2.45. The number of guanidine groups is 1. The van der Waals surface area contributed by atoms with Crippen molar-refractivity contribution in [3.8, 4) is 0 Å². The molecule has 0 aromatic heterocycles. The number of aliphatic imine (C=N–C) groups is 1. The Hall–Kier alpha value is -1.79. The molecule has 0 aliphatic carbocycles. The maximum atomic E-state index is 5.91. The molecule has 0 radical (unpaired) electrons. The summed E-state index contributed by atoms with van der Waals surface area (Å²) in [6.45, 7) is 5.43. The zero-order valence-corrected chi connectivity index (χ0v) is 15.8. The fraction of sp³-hybridized carbons (Fsp3) is 0.650. The van der Waals surface area contributed by atoms with E-state index in [2.05, 4.69) is 50.9 Å². The lowest BCUT2D eigenvalue weighted by Gasteiger charge is -2.22. The molecule has 1 aromatic rings. The van der Waals surface area contributed by atoms with E-state index in [0.717, 1.165) is 71.1 Å². The fourth-order valence-electron chi connectivity index (χ4n) is 3.51. The minimum atomic E-state index is 0.378. The molecule has 2 saturated heterocycles. The average Bonchev–Trinajstić information content (AvgIpc) is 3.17. The summed E-state index contributed by atoms with van der Waals surface area (Å²) in [5.41, 5.74) is 1.30. The number of nitrogens with one attached hydrogen (secondary N) is 2. The summed E-state index contributed by atoms with van der Waals surface area (Å²) < 4.78 is 11.3. The second kappa shape index (κ2) is 10.4. The van der Waals surface area contributed by atoms with Gasteiger partial charge in [0.05, 0.1) is 6.10 Å². The normalized spacial score (nSPS) is 21.8. The van der Waals surface area contributed by atoms with Gasteiger partial charge in [-0.3, -0.25) is 4.99 Å². The van der Waals surface area contributed by atoms with Crippen molar-refractivity contribution in [1.82, 2.24) is 10.6 Å². The summed E-state index contributed by atoms with van der Waals surface area (Å²) in [5, 5.41) is 6.95. The molecule has 2 fully saturated rings. The van der Waals surface area contributed by atoms with E-state index in [0.29, 0.717) is 12.1 Å². The zero-order valence-electron chi connectivity index (χ0n) is 15.8. The van der Waals surface area contributed by atoms with E-state index in [1.807, 2.05) is 7.05 Å². The monoisotopic (exact) mass is 360 g/mol. The fourth-order valence-corrected chi connectivity index (χ4v) is 3.51. The highest BCUT2D eigenvalue weighted by molar-refractivity contribution is 5.80. The molecule has 1 unspecified atom stereocenters. The maximum Gasteiger partial charge on any atom is 0.191 e. The van der Waals surface area contributed by atoms with Crippen molar-refractivity contribution in [2.24, 2.45) is 4.99 Å². The van der Waals surface area contributed by atoms with Crippen LogP contribution in [0.5, 0.6) is 0 Å². The third-order valence-electron chi connectivity index (χ3n) is 5.01. The number of hydrogen-bond donors (Lipinski definition) is 2. The number of benzene rings is 1. The van der Waals surface area contributed by atoms with E-state index in [1.54, 1.807) is 0 Å². The Labute approximate surface area is 157 Å². The van der Waals surface area contributed by atoms with Crippen molar-refractivity contribution in [1.29, 1.82) is 0 Å². The second-order valence-electron chi connectivity index (χ2n) is 6.95. The quantitative estimate of drug-likeness (QED) is 0.443. The number of ether oxygens (including phenoxy) is 2. The lowest BCUT2D eigenvalue weighted by molar-refractivity contribution is -0.0320. The molecule has 2 aliphatic rings. The molecule has 2 heterocycles. The average molecular weight is 361 g/mol. The third-order valence-corrected chi connectivity index (χ3v) is 5.01. The van der Waals surface area contributed by atoms with Gasteiger partial charge in [0.25, 0.3) is 0 Å². The van der Waals surface area contributed by atoms with E-state index < -0.39 is 0 Å². The number of anilines is 1. The number of para-hydroxylation sites is 1. The van der Waals surface area contributed by atoms with Gasteiger partial charge in [0.15, 0.2) is 5.96 Å². The molecule has 0 spiro atoms. The van der Waals surface area contributed by atoms with Crippen molar-refractivity contribution in [3.63, 3.8) is 0 Å². The highest BCUT2D eigenvalue weighted by Crippen LogP contribution is 2.19. The first-order valence-electron chi connectivity index (χ1n) is 9.81. The lowest BCUT2D eigenvalue weighted by atomic mass is 10.1. The van der Waals surface area contributed by atoms with E-state index in [-0.39, 0.29) is 0 Å². The van der Waals surface area contributed by atoms with Gasteiger partial charge < -0.3 is 25.0 Å². The largest absolute Gasteiger partial charge is 0.381 e. The highest BCUT2D eigenvalue weighted by atomic mass is 16.5. The van der Waals surface area contributed by atoms with Crippen LogP contribution in [0.1, 0.15) is 25.7 Å². The second-order valence-corrected chi connectivity index (χ2v) is 6.95. The van der Waals surface area contributed by atoms with Crippen LogP contribution in [0.3, 0.4) is 0 Å². The first-order valence-corrected chi connectivity index (χ1v) is 9.81. The zero-order chi connectivity index (χ0) is 18.0. The minimum Gasteiger partial charge on any atom is -0.381 e. The van der Waals surface area contributed by atoms with E-state index >= 15 is 0 Å². The Balaban J connectivity index is 1.31. The van der Waals surface area contributed by atoms with Crippen molar-refractivity contribution in [3.05, 3.63) is 30.3 Å². The van der Waals surface area contributed by atoms with Crippen LogP contribution in [0.2, 0.25) is 0 Å². The summed E-state index contributed by atoms with van der Waals surface area (Å²) in [5.74, 6) is 0.885. The number of rotatable bonds is 7. The molecular formula is C20H32N4O2. The Kier molecular flexibility index (Phi) is 7.58. The summed E-state index contributed by atoms with van der Waals surface area (Å²) in [7, 11) is 1.83. The number of nitrogens with zero attached hydrogens (tertiary/aromatic N) is 2. The number of hydrogen-bond acceptors (Lipinski definition) is 4. The molecule has 1 atom stereocenters. The molecule has 1 aromatic carbocycles. The van der Waals surface area contributed by atoms with Crippen molar-refractivity contribution >= 4 is 11.6 Å². The van der Waals surface area contributed by atoms with Gasteiger partial charge >= 0.3 is 0 Å². The Morgan fingerprint density at radius 2 is 2.04 bits per heavy atom. The Morgan fingerprint density at radius 1 is 1.23 bits per heavy atom. The Bertz CT molecular complexity index is 546. The van der Waals surface area contributed by atoms with Crippen LogP contribution in [0.4, 0.5) is 5.69 Å². The van der Waals surface area contributed by atoms with Crippen molar-refractivity contribution in [2.75, 3.05) is 51.4 Å². The molecule has 144 valence electrons. The van der Waals surface area contributed by atoms with Crippen LogP contribution in [0.15, 0.2) is 35.3 Å². The molecule has 0 amide bonds. The van der Waals surface area contributed by atoms with E-state index in [1.165, 1.54) is 5.69 Å². The van der Waals surface area contributed by atoms with Crippen LogP contribution in [-0.4, -0.2) is 64.6 Å². The van der Waals surface area contributed by atoms with Gasteiger partial charge in [-0.15, -0.1) is 0 Å². The van der Waals surface area contributed by atoms with Gasteiger partial charge in [0, 0.05) is 58.2 Å². The van der Waals surface area contributed by atoms with Crippen LogP contribution in [0, 0.1) is 0 Å². The van der Waals surface area contributed by atoms with Gasteiger partial charge in [-0.2, -0.15) is 0 Å². The van der Waals surface area contributed by atoms with Gasteiger partial charge in [0.2, 0.25) is 0 Å². The van der Waals surface area contributed by atoms with Gasteiger partial charge in [-0.05, 0) is 37.8 Å². The minimum absolute atomic E-state index is 0.378. The summed E-state index contributed by atoms with van der Waals surface area (Å²) in [4.78, 5) is 6.78. The highest BCUT2D eigenvalue weighted by Gasteiger charge is 2.23. The van der Waals surface area contributed by atoms with E-state index in [9.17, 15) is 0 Å². The molecule has 0 bridgehead atoms. The molecule has 6 nitrogen and oxygen atoms in total. The smallest absolute Gasteiger partial charge is 0.191 e. The van der Waals surface area contributed by atoms with Gasteiger partial charge in [-0.25, -0.2) is 0 Å². The Morgan fingerprint density at radius 3 is 2.81 bits per heavy atom. The van der Waals surface area contributed by atoms with Crippen LogP contribution < -0.4 is 15.5 Å². The predicted octanol–water partition coefficient (Wildman–Crippen LogP) is 2.02. The van der Waals surface area contributed by atoms with E-state index in [4.69, 9.17) is 9.47 Å². The van der Waals surface area contributed by atoms with Crippen LogP contribution >= 0.6 is 0 Å². The standard InChI is InChI=1S/C20H32N4O2/c1-21-20(22-11-5-13-26-19-9-14-25-15-10-19)23-17-8-12-24(16-17)18-6-3-2-4-7-18/h2-4,6-7,17,19H,5,8-16H2,1H3,(H2,21,22,23). The first-order chi connectivity index (χ1) is 12.8. The molecule has 3 rings (SSSR count). The summed E-state index contributed by atoms with van der Waals surface area (Å²) in [6.07, 6.45) is 4.54. The predicted molar refractivity (Wildman–Crippen MR) is 106 cm³/mol. The maximum absolute atomic E-state index is 5.91.